The Labute approximate surface area is 272 Å². The summed E-state index contributed by atoms with van der Waals surface area (Å²) in [5, 5.41) is 2.78. The van der Waals surface area contributed by atoms with Gasteiger partial charge in [-0.05, 0) is 48.4 Å². The Morgan fingerprint density at radius 2 is 1.77 bits per heavy atom. The molecule has 15 heteroatoms. The highest BCUT2D eigenvalue weighted by molar-refractivity contribution is 7.98. The first-order chi connectivity index (χ1) is 22.8. The molecule has 2 heterocycles. The van der Waals surface area contributed by atoms with Crippen molar-refractivity contribution in [1.82, 2.24) is 20.7 Å². The molecule has 246 valence electrons. The number of amides is 1. The normalized spacial score (nSPS) is 11.5. The minimum Gasteiger partial charge on any atom is -0.491 e. The second-order valence-corrected chi connectivity index (χ2v) is 10.8. The first-order valence-electron chi connectivity index (χ1n) is 14.3. The van der Waals surface area contributed by atoms with E-state index in [4.69, 9.17) is 16.4 Å². The van der Waals surface area contributed by atoms with Crippen LogP contribution >= 0.6 is 11.8 Å². The summed E-state index contributed by atoms with van der Waals surface area (Å²) >= 11 is 0.577. The van der Waals surface area contributed by atoms with Gasteiger partial charge in [0.1, 0.15) is 23.1 Å². The van der Waals surface area contributed by atoms with E-state index in [0.717, 1.165) is 5.56 Å². The minimum atomic E-state index is -1.48. The lowest BCUT2D eigenvalue weighted by molar-refractivity contribution is 0.0953. The summed E-state index contributed by atoms with van der Waals surface area (Å²) in [6.45, 7) is 1.01. The van der Waals surface area contributed by atoms with Crippen molar-refractivity contribution >= 4 is 35.4 Å². The molecular weight excluding hydrogens is 636 g/mol. The van der Waals surface area contributed by atoms with E-state index in [-0.39, 0.29) is 17.7 Å². The van der Waals surface area contributed by atoms with Crippen LogP contribution in [0.25, 0.3) is 6.08 Å². The van der Waals surface area contributed by atoms with Gasteiger partial charge < -0.3 is 20.9 Å². The van der Waals surface area contributed by atoms with E-state index in [0.29, 0.717) is 78.7 Å². The Hall–Kier alpha value is -4.99. The summed E-state index contributed by atoms with van der Waals surface area (Å²) in [4.78, 5) is 24.4. The second-order valence-electron chi connectivity index (χ2n) is 9.79. The SMILES string of the molecule is NNC(/C=C/c1nc(CSc2c(F)c(F)cc(F)c2F)ccc1OCCc1ccccc1)=NCCCNC(=O)c1ccc(NN)nc1. The lowest BCUT2D eigenvalue weighted by Gasteiger charge is -2.11. The van der Waals surface area contributed by atoms with Crippen LogP contribution in [0, 0.1) is 23.3 Å². The summed E-state index contributed by atoms with van der Waals surface area (Å²) in [5.41, 5.74) is 7.08. The minimum absolute atomic E-state index is 0.0895. The van der Waals surface area contributed by atoms with Gasteiger partial charge in [0.05, 0.1) is 22.8 Å². The third-order valence-electron chi connectivity index (χ3n) is 6.49. The van der Waals surface area contributed by atoms with E-state index >= 15 is 0 Å². The fraction of sp³-hybridized carbons (Fsp3) is 0.188. The number of nitrogens with one attached hydrogen (secondary N) is 3. The van der Waals surface area contributed by atoms with Gasteiger partial charge in [0, 0.05) is 37.5 Å². The smallest absolute Gasteiger partial charge is 0.252 e. The number of anilines is 1. The van der Waals surface area contributed by atoms with Gasteiger partial charge in [-0.15, -0.1) is 11.8 Å². The van der Waals surface area contributed by atoms with E-state index < -0.39 is 28.2 Å². The van der Waals surface area contributed by atoms with Crippen molar-refractivity contribution in [3.05, 3.63) is 119 Å². The molecule has 7 N–H and O–H groups in total. The maximum Gasteiger partial charge on any atom is 0.252 e. The molecular formula is C32H32F4N8O2S. The zero-order valence-electron chi connectivity index (χ0n) is 25.0. The van der Waals surface area contributed by atoms with Gasteiger partial charge in [0.2, 0.25) is 0 Å². The summed E-state index contributed by atoms with van der Waals surface area (Å²) in [6, 6.07) is 16.3. The van der Waals surface area contributed by atoms with Gasteiger partial charge in [-0.1, -0.05) is 30.3 Å². The molecule has 0 spiro atoms. The molecule has 0 aliphatic heterocycles. The summed E-state index contributed by atoms with van der Waals surface area (Å²) in [6.07, 6.45) is 5.71. The van der Waals surface area contributed by atoms with Crippen molar-refractivity contribution in [2.24, 2.45) is 16.7 Å². The summed E-state index contributed by atoms with van der Waals surface area (Å²) < 4.78 is 61.8. The van der Waals surface area contributed by atoms with Crippen LogP contribution < -0.4 is 32.6 Å². The Balaban J connectivity index is 1.42. The van der Waals surface area contributed by atoms with Crippen LogP contribution in [0.1, 0.15) is 33.7 Å². The lowest BCUT2D eigenvalue weighted by atomic mass is 10.2. The highest BCUT2D eigenvalue weighted by Gasteiger charge is 2.20. The van der Waals surface area contributed by atoms with Gasteiger partial charge in [-0.3, -0.25) is 9.79 Å². The predicted octanol–water partition coefficient (Wildman–Crippen LogP) is 4.93. The number of benzene rings is 2. The monoisotopic (exact) mass is 668 g/mol. The number of hydrogen-bond donors (Lipinski definition) is 5. The zero-order valence-corrected chi connectivity index (χ0v) is 25.8. The molecule has 1 amide bonds. The number of nitrogen functional groups attached to an aromatic ring is 1. The maximum absolute atomic E-state index is 14.2. The highest BCUT2D eigenvalue weighted by Crippen LogP contribution is 2.31. The molecule has 2 aromatic carbocycles. The van der Waals surface area contributed by atoms with Gasteiger partial charge >= 0.3 is 0 Å². The van der Waals surface area contributed by atoms with E-state index in [1.54, 1.807) is 36.4 Å². The number of thioether (sulfide) groups is 1. The molecule has 4 rings (SSSR count). The van der Waals surface area contributed by atoms with Crippen molar-refractivity contribution in [2.45, 2.75) is 23.5 Å². The molecule has 0 fully saturated rings. The van der Waals surface area contributed by atoms with Crippen LogP contribution in [0.2, 0.25) is 0 Å². The van der Waals surface area contributed by atoms with Crippen molar-refractivity contribution in [3.63, 3.8) is 0 Å². The number of ether oxygens (including phenoxy) is 1. The van der Waals surface area contributed by atoms with Crippen LogP contribution in [-0.4, -0.2) is 41.4 Å². The van der Waals surface area contributed by atoms with Crippen molar-refractivity contribution in [2.75, 3.05) is 25.1 Å². The van der Waals surface area contributed by atoms with Crippen LogP contribution in [0.15, 0.2) is 82.8 Å². The first kappa shape index (κ1) is 34.9. The topological polar surface area (TPSA) is 153 Å². The van der Waals surface area contributed by atoms with Gasteiger partial charge in [-0.2, -0.15) is 0 Å². The predicted molar refractivity (Wildman–Crippen MR) is 173 cm³/mol. The maximum atomic E-state index is 14.2. The average molecular weight is 669 g/mol. The summed E-state index contributed by atoms with van der Waals surface area (Å²) in [7, 11) is 0. The average Bonchev–Trinajstić information content (AvgIpc) is 3.09. The number of aromatic nitrogens is 2. The van der Waals surface area contributed by atoms with Crippen molar-refractivity contribution in [3.8, 4) is 5.75 Å². The fourth-order valence-corrected chi connectivity index (χ4v) is 4.98. The van der Waals surface area contributed by atoms with Crippen molar-refractivity contribution < 1.29 is 27.1 Å². The second kappa shape index (κ2) is 17.6. The number of nitrogens with zero attached hydrogens (tertiary/aromatic N) is 3. The van der Waals surface area contributed by atoms with Crippen LogP contribution in [0.5, 0.6) is 5.75 Å². The molecule has 0 bridgehead atoms. The molecule has 47 heavy (non-hydrogen) atoms. The Morgan fingerprint density at radius 3 is 2.45 bits per heavy atom. The molecule has 2 aromatic heterocycles. The Kier molecular flexibility index (Phi) is 13.1. The Bertz CT molecular complexity index is 1680. The molecule has 0 saturated carbocycles. The number of carbonyl (C=O) groups excluding carboxylic acids is 1. The van der Waals surface area contributed by atoms with Gasteiger partial charge in [0.25, 0.3) is 5.91 Å². The molecule has 0 aliphatic carbocycles. The standard InChI is InChI=1S/C32H32F4N8O2S/c33-23-17-24(34)30(36)31(29(23)35)47-19-22-8-10-26(46-16-13-20-5-2-1-3-6-20)25(42-22)9-12-27(43-37)39-14-4-15-40-32(45)21-7-11-28(44-38)41-18-21/h1-3,5-12,17-18H,4,13-16,19,37-38H2,(H,39,43)(H,40,45)(H,41,44)/b12-9+. The molecule has 0 radical (unpaired) electrons. The number of hydrogen-bond acceptors (Lipinski definition) is 9. The van der Waals surface area contributed by atoms with Gasteiger partial charge in [-0.25, -0.2) is 39.2 Å². The third kappa shape index (κ3) is 10.3. The molecule has 4 aromatic rings. The number of halogens is 4. The molecule has 0 aliphatic rings. The van der Waals surface area contributed by atoms with Gasteiger partial charge in [0.15, 0.2) is 23.3 Å². The van der Waals surface area contributed by atoms with E-state index in [2.05, 4.69) is 31.1 Å². The molecule has 0 unspecified atom stereocenters. The quantitative estimate of drug-likeness (QED) is 0.0174. The first-order valence-corrected chi connectivity index (χ1v) is 15.3. The van der Waals surface area contributed by atoms with Crippen LogP contribution in [-0.2, 0) is 12.2 Å². The number of aliphatic imine (C=N–C) groups is 1. The molecule has 0 saturated heterocycles. The van der Waals surface area contributed by atoms with E-state index in [1.165, 1.54) is 6.20 Å². The van der Waals surface area contributed by atoms with E-state index in [9.17, 15) is 22.4 Å². The van der Waals surface area contributed by atoms with Crippen LogP contribution in [0.4, 0.5) is 23.4 Å². The fourth-order valence-electron chi connectivity index (χ4n) is 4.07. The number of pyridine rings is 2. The zero-order chi connectivity index (χ0) is 33.6. The number of nitrogens with two attached hydrogens (primary N) is 2. The number of rotatable bonds is 15. The number of amidine groups is 1. The largest absolute Gasteiger partial charge is 0.491 e. The van der Waals surface area contributed by atoms with Crippen molar-refractivity contribution in [1.29, 1.82) is 0 Å². The van der Waals surface area contributed by atoms with Crippen LogP contribution in [0.3, 0.4) is 0 Å². The molecule has 10 nitrogen and oxygen atoms in total. The summed E-state index contributed by atoms with van der Waals surface area (Å²) in [5.74, 6) is 5.82. The lowest BCUT2D eigenvalue weighted by Crippen LogP contribution is -2.29. The third-order valence-corrected chi connectivity index (χ3v) is 7.58. The number of hydrazine groups is 2. The van der Waals surface area contributed by atoms with E-state index in [1.807, 2.05) is 30.3 Å². The molecule has 0 atom stereocenters. The highest BCUT2D eigenvalue weighted by atomic mass is 32.2. The number of carbonyl (C=O) groups is 1. The Morgan fingerprint density at radius 1 is 1.00 bits per heavy atom.